The molecule has 0 amide bonds. The average Bonchev–Trinajstić information content (AvgIpc) is 3.34. The van der Waals surface area contributed by atoms with Crippen LogP contribution in [-0.2, 0) is 6.54 Å². The molecule has 0 aromatic heterocycles. The van der Waals surface area contributed by atoms with Gasteiger partial charge in [-0.25, -0.2) is 0 Å². The molecular weight excluding hydrogens is 270 g/mol. The van der Waals surface area contributed by atoms with Crippen LogP contribution in [0.1, 0.15) is 41.2 Å². The Bertz CT molecular complexity index is 619. The highest BCUT2D eigenvalue weighted by molar-refractivity contribution is 5.30. The summed E-state index contributed by atoms with van der Waals surface area (Å²) in [5.41, 5.74) is 5.04. The van der Waals surface area contributed by atoms with Gasteiger partial charge in [0.25, 0.3) is 0 Å². The molecule has 2 aromatic carbocycles. The summed E-state index contributed by atoms with van der Waals surface area (Å²) in [6.45, 7) is 5.96. The summed E-state index contributed by atoms with van der Waals surface area (Å²) < 4.78 is 0. The summed E-state index contributed by atoms with van der Waals surface area (Å²) in [4.78, 5) is 2.44. The Morgan fingerprint density at radius 2 is 1.82 bits per heavy atom. The minimum atomic E-state index is -0.410. The number of benzene rings is 2. The molecule has 1 N–H and O–H groups in total. The second-order valence-electron chi connectivity index (χ2n) is 6.52. The molecule has 1 aliphatic rings. The van der Waals surface area contributed by atoms with Gasteiger partial charge in [-0.05, 0) is 43.4 Å². The number of aliphatic hydroxyl groups excluding tert-OH is 1. The standard InChI is InChI=1S/C20H25NO/c1-15-8-9-18(16(2)12-15)13-21(19-10-11-19)14-20(22)17-6-4-3-5-7-17/h3-9,12,19-20,22H,10-11,13-14H2,1-2H3. The van der Waals surface area contributed by atoms with E-state index >= 15 is 0 Å². The second-order valence-corrected chi connectivity index (χ2v) is 6.52. The zero-order valence-electron chi connectivity index (χ0n) is 13.5. The number of aryl methyl sites for hydroxylation is 2. The van der Waals surface area contributed by atoms with Crippen LogP contribution in [0.15, 0.2) is 48.5 Å². The van der Waals surface area contributed by atoms with Crippen molar-refractivity contribution in [2.75, 3.05) is 6.54 Å². The zero-order valence-corrected chi connectivity index (χ0v) is 13.5. The van der Waals surface area contributed by atoms with Crippen LogP contribution in [0.25, 0.3) is 0 Å². The van der Waals surface area contributed by atoms with E-state index in [1.807, 2.05) is 30.3 Å². The van der Waals surface area contributed by atoms with Gasteiger partial charge in [0.15, 0.2) is 0 Å². The molecule has 0 spiro atoms. The molecule has 0 saturated heterocycles. The molecule has 2 heteroatoms. The first-order valence-corrected chi connectivity index (χ1v) is 8.16. The van der Waals surface area contributed by atoms with E-state index in [-0.39, 0.29) is 0 Å². The van der Waals surface area contributed by atoms with Crippen LogP contribution in [-0.4, -0.2) is 22.6 Å². The lowest BCUT2D eigenvalue weighted by molar-refractivity contribution is 0.104. The lowest BCUT2D eigenvalue weighted by atomic mass is 10.0. The number of nitrogens with zero attached hydrogens (tertiary/aromatic N) is 1. The Kier molecular flexibility index (Phi) is 4.60. The van der Waals surface area contributed by atoms with Crippen molar-refractivity contribution in [3.63, 3.8) is 0 Å². The van der Waals surface area contributed by atoms with Gasteiger partial charge in [0.2, 0.25) is 0 Å². The van der Waals surface area contributed by atoms with Crippen LogP contribution >= 0.6 is 0 Å². The molecule has 1 fully saturated rings. The van der Waals surface area contributed by atoms with Gasteiger partial charge in [0.1, 0.15) is 0 Å². The highest BCUT2D eigenvalue weighted by Gasteiger charge is 2.30. The van der Waals surface area contributed by atoms with E-state index in [0.717, 1.165) is 12.1 Å². The maximum atomic E-state index is 10.5. The first-order valence-electron chi connectivity index (χ1n) is 8.16. The minimum absolute atomic E-state index is 0.410. The smallest absolute Gasteiger partial charge is 0.0917 e. The lowest BCUT2D eigenvalue weighted by Gasteiger charge is -2.26. The number of hydrogen-bond donors (Lipinski definition) is 1. The van der Waals surface area contributed by atoms with Gasteiger partial charge < -0.3 is 5.11 Å². The van der Waals surface area contributed by atoms with Crippen molar-refractivity contribution in [1.82, 2.24) is 4.90 Å². The van der Waals surface area contributed by atoms with Crippen molar-refractivity contribution in [3.8, 4) is 0 Å². The molecule has 1 unspecified atom stereocenters. The van der Waals surface area contributed by atoms with Crippen molar-refractivity contribution in [2.45, 2.75) is 45.4 Å². The van der Waals surface area contributed by atoms with Crippen LogP contribution in [0, 0.1) is 13.8 Å². The SMILES string of the molecule is Cc1ccc(CN(CC(O)c2ccccc2)C2CC2)c(C)c1. The number of rotatable bonds is 6. The van der Waals surface area contributed by atoms with Gasteiger partial charge in [-0.3, -0.25) is 4.90 Å². The van der Waals surface area contributed by atoms with Gasteiger partial charge >= 0.3 is 0 Å². The third kappa shape index (κ3) is 3.76. The first kappa shape index (κ1) is 15.3. The van der Waals surface area contributed by atoms with E-state index in [4.69, 9.17) is 0 Å². The van der Waals surface area contributed by atoms with Gasteiger partial charge in [0, 0.05) is 19.1 Å². The normalized spacial score (nSPS) is 16.0. The molecule has 116 valence electrons. The lowest BCUT2D eigenvalue weighted by Crippen LogP contribution is -2.30. The maximum Gasteiger partial charge on any atom is 0.0917 e. The highest BCUT2D eigenvalue weighted by Crippen LogP contribution is 2.30. The van der Waals surface area contributed by atoms with Crippen LogP contribution in [0.5, 0.6) is 0 Å². The van der Waals surface area contributed by atoms with E-state index < -0.39 is 6.10 Å². The molecule has 22 heavy (non-hydrogen) atoms. The van der Waals surface area contributed by atoms with Crippen molar-refractivity contribution >= 4 is 0 Å². The first-order chi connectivity index (χ1) is 10.6. The quantitative estimate of drug-likeness (QED) is 0.870. The predicted octanol–water partition coefficient (Wildman–Crippen LogP) is 4.00. The summed E-state index contributed by atoms with van der Waals surface area (Å²) >= 11 is 0. The Labute approximate surface area is 133 Å². The third-order valence-corrected chi connectivity index (χ3v) is 4.53. The predicted molar refractivity (Wildman–Crippen MR) is 90.7 cm³/mol. The molecule has 3 rings (SSSR count). The molecule has 1 atom stereocenters. The summed E-state index contributed by atoms with van der Waals surface area (Å²) in [6, 6.07) is 17.3. The van der Waals surface area contributed by atoms with E-state index in [1.165, 1.54) is 29.5 Å². The van der Waals surface area contributed by atoms with Gasteiger partial charge in [-0.1, -0.05) is 54.1 Å². The Hall–Kier alpha value is -1.64. The number of aliphatic hydroxyl groups is 1. The Morgan fingerprint density at radius 1 is 1.09 bits per heavy atom. The summed E-state index contributed by atoms with van der Waals surface area (Å²) in [5, 5.41) is 10.5. The zero-order chi connectivity index (χ0) is 15.5. The number of hydrogen-bond acceptors (Lipinski definition) is 2. The van der Waals surface area contributed by atoms with Crippen LogP contribution < -0.4 is 0 Å². The largest absolute Gasteiger partial charge is 0.387 e. The second kappa shape index (κ2) is 6.64. The molecule has 1 saturated carbocycles. The molecular formula is C20H25NO. The molecule has 0 aliphatic heterocycles. The minimum Gasteiger partial charge on any atom is -0.387 e. The van der Waals surface area contributed by atoms with Gasteiger partial charge in [-0.2, -0.15) is 0 Å². The van der Waals surface area contributed by atoms with Crippen molar-refractivity contribution in [3.05, 3.63) is 70.8 Å². The van der Waals surface area contributed by atoms with E-state index in [2.05, 4.69) is 36.9 Å². The van der Waals surface area contributed by atoms with Crippen molar-refractivity contribution in [1.29, 1.82) is 0 Å². The van der Waals surface area contributed by atoms with E-state index in [0.29, 0.717) is 12.6 Å². The average molecular weight is 295 g/mol. The van der Waals surface area contributed by atoms with E-state index in [9.17, 15) is 5.11 Å². The Balaban J connectivity index is 1.70. The third-order valence-electron chi connectivity index (χ3n) is 4.53. The fraction of sp³-hybridized carbons (Fsp3) is 0.400. The fourth-order valence-corrected chi connectivity index (χ4v) is 3.03. The Morgan fingerprint density at radius 3 is 2.45 bits per heavy atom. The molecule has 2 aromatic rings. The van der Waals surface area contributed by atoms with E-state index in [1.54, 1.807) is 0 Å². The summed E-state index contributed by atoms with van der Waals surface area (Å²) in [7, 11) is 0. The molecule has 2 nitrogen and oxygen atoms in total. The summed E-state index contributed by atoms with van der Waals surface area (Å²) in [6.07, 6.45) is 2.10. The van der Waals surface area contributed by atoms with Gasteiger partial charge in [0.05, 0.1) is 6.10 Å². The fourth-order valence-electron chi connectivity index (χ4n) is 3.03. The van der Waals surface area contributed by atoms with Crippen LogP contribution in [0.4, 0.5) is 0 Å². The van der Waals surface area contributed by atoms with Crippen molar-refractivity contribution in [2.24, 2.45) is 0 Å². The van der Waals surface area contributed by atoms with Crippen molar-refractivity contribution < 1.29 is 5.11 Å². The molecule has 0 bridgehead atoms. The van der Waals surface area contributed by atoms with Crippen LogP contribution in [0.3, 0.4) is 0 Å². The molecule has 1 aliphatic carbocycles. The molecule has 0 heterocycles. The molecule has 0 radical (unpaired) electrons. The highest BCUT2D eigenvalue weighted by atomic mass is 16.3. The topological polar surface area (TPSA) is 23.5 Å². The maximum absolute atomic E-state index is 10.5. The van der Waals surface area contributed by atoms with Crippen LogP contribution in [0.2, 0.25) is 0 Å². The summed E-state index contributed by atoms with van der Waals surface area (Å²) in [5.74, 6) is 0. The van der Waals surface area contributed by atoms with Gasteiger partial charge in [-0.15, -0.1) is 0 Å². The monoisotopic (exact) mass is 295 g/mol.